The lowest BCUT2D eigenvalue weighted by Gasteiger charge is -2.06. The Balaban J connectivity index is 2.65. The first-order valence-corrected chi connectivity index (χ1v) is 6.50. The van der Waals surface area contributed by atoms with Crippen LogP contribution in [0.2, 0.25) is 0 Å². The molecule has 1 aromatic rings. The van der Waals surface area contributed by atoms with Crippen molar-refractivity contribution in [2.45, 2.75) is 13.1 Å². The molecule has 0 bridgehead atoms. The molecule has 1 atom stereocenters. The number of rotatable bonds is 3. The third-order valence-corrected chi connectivity index (χ3v) is 3.24. The summed E-state index contributed by atoms with van der Waals surface area (Å²) in [5.74, 6) is 0.541. The van der Waals surface area contributed by atoms with E-state index in [1.54, 1.807) is 6.92 Å². The van der Waals surface area contributed by atoms with Crippen molar-refractivity contribution in [3.8, 4) is 0 Å². The molecule has 0 aromatic carbocycles. The van der Waals surface area contributed by atoms with Gasteiger partial charge in [-0.15, -0.1) is 0 Å². The van der Waals surface area contributed by atoms with Crippen molar-refractivity contribution in [2.24, 2.45) is 0 Å². The normalized spacial score (nSPS) is 13.4. The van der Waals surface area contributed by atoms with Crippen LogP contribution in [0, 0.1) is 0 Å². The summed E-state index contributed by atoms with van der Waals surface area (Å²) in [6.07, 6.45) is -3.39. The molecule has 96 valence electrons. The van der Waals surface area contributed by atoms with Crippen molar-refractivity contribution in [3.05, 3.63) is 18.0 Å². The van der Waals surface area contributed by atoms with Gasteiger partial charge in [0.05, 0.1) is 5.88 Å². The fourth-order valence-electron chi connectivity index (χ4n) is 0.914. The van der Waals surface area contributed by atoms with Gasteiger partial charge in [-0.05, 0) is 18.3 Å². The summed E-state index contributed by atoms with van der Waals surface area (Å²) in [5.41, 5.74) is -1.02. The van der Waals surface area contributed by atoms with Gasteiger partial charge >= 0.3 is 6.18 Å². The minimum Gasteiger partial charge on any atom is -0.349 e. The summed E-state index contributed by atoms with van der Waals surface area (Å²) in [6, 6.07) is 0.824. The number of hydrogen-bond acceptors (Lipinski definition) is 3. The molecule has 0 aliphatic heterocycles. The Morgan fingerprint density at radius 3 is 2.76 bits per heavy atom. The smallest absolute Gasteiger partial charge is 0.349 e. The van der Waals surface area contributed by atoms with Crippen molar-refractivity contribution in [1.82, 2.24) is 15.1 Å². The summed E-state index contributed by atoms with van der Waals surface area (Å²) in [6.45, 7) is 1.73. The molecular weight excluding hydrogens is 275 g/mol. The number of aromatic nitrogens is 2. The van der Waals surface area contributed by atoms with E-state index in [0.29, 0.717) is 5.75 Å². The molecule has 0 aliphatic carbocycles. The zero-order valence-electron chi connectivity index (χ0n) is 8.82. The van der Waals surface area contributed by atoms with E-state index in [0.717, 1.165) is 16.9 Å². The molecule has 1 N–H and O–H groups in total. The average Bonchev–Trinajstić information content (AvgIpc) is 2.74. The van der Waals surface area contributed by atoms with Crippen LogP contribution < -0.4 is 5.32 Å². The molecule has 0 fully saturated rings. The Kier molecular flexibility index (Phi) is 4.63. The van der Waals surface area contributed by atoms with Crippen LogP contribution in [0.15, 0.2) is 12.3 Å². The number of alkyl halides is 3. The zero-order valence-corrected chi connectivity index (χ0v) is 10.5. The van der Waals surface area contributed by atoms with Crippen LogP contribution in [0.1, 0.15) is 12.6 Å². The predicted molar refractivity (Wildman–Crippen MR) is 61.9 cm³/mol. The van der Waals surface area contributed by atoms with E-state index < -0.39 is 22.7 Å². The van der Waals surface area contributed by atoms with Crippen LogP contribution in [-0.4, -0.2) is 30.7 Å². The molecule has 9 heteroatoms. The monoisotopic (exact) mass is 285 g/mol. The molecule has 0 amide bonds. The van der Waals surface area contributed by atoms with Crippen molar-refractivity contribution >= 4 is 28.1 Å². The van der Waals surface area contributed by atoms with Crippen LogP contribution in [-0.2, 0) is 17.0 Å². The van der Waals surface area contributed by atoms with Gasteiger partial charge in [-0.25, -0.2) is 4.68 Å². The van der Waals surface area contributed by atoms with E-state index in [1.165, 1.54) is 0 Å². The van der Waals surface area contributed by atoms with Gasteiger partial charge in [-0.2, -0.15) is 18.3 Å². The Bertz CT molecular complexity index is 430. The molecule has 0 saturated heterocycles. The summed E-state index contributed by atoms with van der Waals surface area (Å²) in [5, 5.41) is 5.84. The number of hydrogen-bond donors (Lipinski definition) is 1. The maximum absolute atomic E-state index is 12.2. The van der Waals surface area contributed by atoms with E-state index in [-0.39, 0.29) is 11.0 Å². The molecule has 1 heterocycles. The SMILES string of the molecule is CCS(=O)CNC(=S)n1ccc(C(F)(F)F)n1. The fraction of sp³-hybridized carbons (Fsp3) is 0.500. The largest absolute Gasteiger partial charge is 0.435 e. The van der Waals surface area contributed by atoms with E-state index >= 15 is 0 Å². The van der Waals surface area contributed by atoms with Gasteiger partial charge in [0.25, 0.3) is 0 Å². The second-order valence-electron chi connectivity index (χ2n) is 3.00. The third-order valence-electron chi connectivity index (χ3n) is 1.79. The van der Waals surface area contributed by atoms with Crippen LogP contribution >= 0.6 is 12.2 Å². The number of thiocarbonyl (C=S) groups is 1. The van der Waals surface area contributed by atoms with Crippen molar-refractivity contribution < 1.29 is 17.4 Å². The highest BCUT2D eigenvalue weighted by Crippen LogP contribution is 2.27. The molecule has 17 heavy (non-hydrogen) atoms. The molecule has 0 aliphatic rings. The summed E-state index contributed by atoms with van der Waals surface area (Å²) >= 11 is 4.81. The maximum atomic E-state index is 12.2. The molecule has 4 nitrogen and oxygen atoms in total. The average molecular weight is 285 g/mol. The zero-order chi connectivity index (χ0) is 13.1. The van der Waals surface area contributed by atoms with Crippen LogP contribution in [0.5, 0.6) is 0 Å². The topological polar surface area (TPSA) is 46.9 Å². The van der Waals surface area contributed by atoms with Gasteiger partial charge < -0.3 is 5.32 Å². The highest BCUT2D eigenvalue weighted by atomic mass is 32.2. The van der Waals surface area contributed by atoms with Gasteiger partial charge in [0, 0.05) is 22.7 Å². The van der Waals surface area contributed by atoms with Gasteiger partial charge in [0.15, 0.2) is 10.8 Å². The molecule has 1 unspecified atom stereocenters. The molecule has 0 saturated carbocycles. The minimum absolute atomic E-state index is 0.0118. The number of nitrogens with zero attached hydrogens (tertiary/aromatic N) is 2. The second-order valence-corrected chi connectivity index (χ2v) is 5.13. The predicted octanol–water partition coefficient (Wildman–Crippen LogP) is 1.35. The summed E-state index contributed by atoms with van der Waals surface area (Å²) in [7, 11) is -1.09. The molecular formula is C8H10F3N3OS2. The van der Waals surface area contributed by atoms with Crippen molar-refractivity contribution in [2.75, 3.05) is 11.6 Å². The first kappa shape index (κ1) is 14.1. The number of halogens is 3. The second kappa shape index (κ2) is 5.58. The summed E-state index contributed by atoms with van der Waals surface area (Å²) < 4.78 is 48.7. The minimum atomic E-state index is -4.49. The quantitative estimate of drug-likeness (QED) is 0.852. The first-order chi connectivity index (χ1) is 7.84. The molecule has 0 spiro atoms. The van der Waals surface area contributed by atoms with Gasteiger partial charge in [-0.1, -0.05) is 6.92 Å². The third kappa shape index (κ3) is 4.08. The lowest BCUT2D eigenvalue weighted by atomic mass is 10.4. The van der Waals surface area contributed by atoms with Crippen LogP contribution in [0.3, 0.4) is 0 Å². The lowest BCUT2D eigenvalue weighted by Crippen LogP contribution is -2.32. The van der Waals surface area contributed by atoms with E-state index in [4.69, 9.17) is 12.2 Å². The maximum Gasteiger partial charge on any atom is 0.435 e. The highest BCUT2D eigenvalue weighted by Gasteiger charge is 2.33. The molecule has 0 radical (unpaired) electrons. The van der Waals surface area contributed by atoms with Gasteiger partial charge in [0.2, 0.25) is 0 Å². The lowest BCUT2D eigenvalue weighted by molar-refractivity contribution is -0.141. The highest BCUT2D eigenvalue weighted by molar-refractivity contribution is 7.85. The van der Waals surface area contributed by atoms with Gasteiger partial charge in [-0.3, -0.25) is 4.21 Å². The van der Waals surface area contributed by atoms with E-state index in [1.807, 2.05) is 0 Å². The van der Waals surface area contributed by atoms with Crippen LogP contribution in [0.25, 0.3) is 0 Å². The van der Waals surface area contributed by atoms with Crippen molar-refractivity contribution in [1.29, 1.82) is 0 Å². The van der Waals surface area contributed by atoms with Gasteiger partial charge in [0.1, 0.15) is 0 Å². The van der Waals surface area contributed by atoms with E-state index in [2.05, 4.69) is 10.4 Å². The van der Waals surface area contributed by atoms with Crippen LogP contribution in [0.4, 0.5) is 13.2 Å². The first-order valence-electron chi connectivity index (χ1n) is 4.60. The van der Waals surface area contributed by atoms with Crippen molar-refractivity contribution in [3.63, 3.8) is 0 Å². The number of nitrogens with one attached hydrogen (secondary N) is 1. The molecule has 1 rings (SSSR count). The molecule has 1 aromatic heterocycles. The van der Waals surface area contributed by atoms with E-state index in [9.17, 15) is 17.4 Å². The Morgan fingerprint density at radius 2 is 2.29 bits per heavy atom. The Morgan fingerprint density at radius 1 is 1.65 bits per heavy atom. The standard InChI is InChI=1S/C8H10F3N3OS2/c1-2-17(15)5-12-7(16)14-4-3-6(13-14)8(9,10)11/h3-4H,2,5H2,1H3,(H,12,16). The Hall–Kier alpha value is -0.960. The fourth-order valence-corrected chi connectivity index (χ4v) is 1.68. The summed E-state index contributed by atoms with van der Waals surface area (Å²) in [4.78, 5) is 0. The Labute approximate surface area is 104 Å².